The minimum Gasteiger partial charge on any atom is -0.372 e. The van der Waals surface area contributed by atoms with Crippen molar-refractivity contribution in [3.8, 4) is 11.3 Å². The molecule has 2 aliphatic heterocycles. The second-order valence-electron chi connectivity index (χ2n) is 9.46. The Morgan fingerprint density at radius 3 is 2.50 bits per heavy atom. The molecule has 2 aromatic carbocycles. The van der Waals surface area contributed by atoms with Crippen molar-refractivity contribution in [3.05, 3.63) is 70.4 Å². The van der Waals surface area contributed by atoms with E-state index in [4.69, 9.17) is 17.3 Å². The van der Waals surface area contributed by atoms with Crippen LogP contribution in [0, 0.1) is 0 Å². The average Bonchev–Trinajstić information content (AvgIpc) is 3.29. The fourth-order valence-corrected chi connectivity index (χ4v) is 5.35. The van der Waals surface area contributed by atoms with Gasteiger partial charge in [0.15, 0.2) is 0 Å². The fraction of sp³-hybridized carbons (Fsp3) is 0.370. The molecule has 7 nitrogen and oxygen atoms in total. The van der Waals surface area contributed by atoms with Crippen LogP contribution in [0.2, 0.25) is 5.02 Å². The zero-order valence-corrected chi connectivity index (χ0v) is 20.8. The molecule has 0 spiro atoms. The first-order valence-corrected chi connectivity index (χ1v) is 12.7. The molecule has 1 saturated heterocycles. The van der Waals surface area contributed by atoms with Gasteiger partial charge in [-0.1, -0.05) is 35.9 Å². The van der Waals surface area contributed by atoms with Crippen LogP contribution in [-0.4, -0.2) is 52.8 Å². The summed E-state index contributed by atoms with van der Waals surface area (Å²) in [5.41, 5.74) is 9.41. The molecule has 0 aliphatic carbocycles. The maximum atomic E-state index is 14.1. The largest absolute Gasteiger partial charge is 0.372 e. The zero-order chi connectivity index (χ0) is 25.2. The van der Waals surface area contributed by atoms with Gasteiger partial charge in [-0.3, -0.25) is 14.3 Å². The summed E-state index contributed by atoms with van der Waals surface area (Å²) in [6.45, 7) is 1.69. The number of carbonyl (C=O) groups excluding carboxylic acids is 2. The van der Waals surface area contributed by atoms with Crippen molar-refractivity contribution in [2.75, 3.05) is 31.2 Å². The highest BCUT2D eigenvalue weighted by Crippen LogP contribution is 2.33. The van der Waals surface area contributed by atoms with Gasteiger partial charge < -0.3 is 15.5 Å². The zero-order valence-electron chi connectivity index (χ0n) is 20.0. The number of halogens is 2. The SMILES string of the molecule is NC(=O)c1c(-c2cccc(Cl)c2)nn2c1CN(C(=O)Cc1ccc(N3CCCCC3)cc1)C[C@@H]2CF. The lowest BCUT2D eigenvalue weighted by molar-refractivity contribution is -0.132. The Morgan fingerprint density at radius 1 is 1.08 bits per heavy atom. The number of hydrogen-bond donors (Lipinski definition) is 1. The smallest absolute Gasteiger partial charge is 0.252 e. The van der Waals surface area contributed by atoms with Gasteiger partial charge in [0, 0.05) is 35.9 Å². The van der Waals surface area contributed by atoms with Gasteiger partial charge in [-0.2, -0.15) is 5.10 Å². The number of hydrogen-bond acceptors (Lipinski definition) is 4. The summed E-state index contributed by atoms with van der Waals surface area (Å²) in [6, 6.07) is 14.3. The molecule has 3 heterocycles. The highest BCUT2D eigenvalue weighted by Gasteiger charge is 2.34. The predicted molar refractivity (Wildman–Crippen MR) is 138 cm³/mol. The summed E-state index contributed by atoms with van der Waals surface area (Å²) in [7, 11) is 0. The third kappa shape index (κ3) is 4.82. The minimum atomic E-state index is -0.726. The van der Waals surface area contributed by atoms with E-state index in [1.165, 1.54) is 29.6 Å². The first kappa shape index (κ1) is 24.3. The molecule has 1 atom stereocenters. The standard InChI is InChI=1S/C27H29ClFN5O2/c28-20-6-4-5-19(14-20)26-25(27(30)36)23-17-33(16-22(15-29)34(23)31-26)24(35)13-18-7-9-21(10-8-18)32-11-2-1-3-12-32/h4-10,14,22H,1-3,11-13,15-17H2,(H2,30,36)/t22-/m0/s1. The Balaban J connectivity index is 1.38. The van der Waals surface area contributed by atoms with E-state index in [9.17, 15) is 14.0 Å². The molecule has 0 bridgehead atoms. The first-order chi connectivity index (χ1) is 17.4. The molecular weight excluding hydrogens is 481 g/mol. The number of benzene rings is 2. The van der Waals surface area contributed by atoms with E-state index in [0.29, 0.717) is 22.0 Å². The Morgan fingerprint density at radius 2 is 1.83 bits per heavy atom. The van der Waals surface area contributed by atoms with Crippen LogP contribution in [-0.2, 0) is 17.8 Å². The van der Waals surface area contributed by atoms with Crippen molar-refractivity contribution in [3.63, 3.8) is 0 Å². The fourth-order valence-electron chi connectivity index (χ4n) is 5.16. The van der Waals surface area contributed by atoms with Crippen LogP contribution >= 0.6 is 11.6 Å². The highest BCUT2D eigenvalue weighted by atomic mass is 35.5. The van der Waals surface area contributed by atoms with Gasteiger partial charge in [-0.25, -0.2) is 4.39 Å². The van der Waals surface area contributed by atoms with Crippen LogP contribution in [0.1, 0.15) is 46.9 Å². The number of alkyl halides is 1. The van der Waals surface area contributed by atoms with Crippen molar-refractivity contribution in [2.45, 2.75) is 38.3 Å². The number of nitrogens with zero attached hydrogens (tertiary/aromatic N) is 4. The number of nitrogens with two attached hydrogens (primary N) is 1. The van der Waals surface area contributed by atoms with Gasteiger partial charge >= 0.3 is 0 Å². The van der Waals surface area contributed by atoms with Crippen LogP contribution in [0.3, 0.4) is 0 Å². The van der Waals surface area contributed by atoms with E-state index in [0.717, 1.165) is 18.7 Å². The molecule has 1 aromatic heterocycles. The quantitative estimate of drug-likeness (QED) is 0.534. The molecule has 188 valence electrons. The molecule has 9 heteroatoms. The van der Waals surface area contributed by atoms with Crippen molar-refractivity contribution in [1.82, 2.24) is 14.7 Å². The summed E-state index contributed by atoms with van der Waals surface area (Å²) in [5, 5.41) is 5.03. The van der Waals surface area contributed by atoms with Crippen molar-refractivity contribution in [1.29, 1.82) is 0 Å². The predicted octanol–water partition coefficient (Wildman–Crippen LogP) is 4.39. The lowest BCUT2D eigenvalue weighted by Crippen LogP contribution is -2.43. The van der Waals surface area contributed by atoms with Crippen molar-refractivity contribution >= 4 is 29.1 Å². The Bertz CT molecular complexity index is 1270. The van der Waals surface area contributed by atoms with E-state index < -0.39 is 18.6 Å². The second-order valence-corrected chi connectivity index (χ2v) is 9.90. The van der Waals surface area contributed by atoms with Crippen LogP contribution in [0.4, 0.5) is 10.1 Å². The summed E-state index contributed by atoms with van der Waals surface area (Å²) >= 11 is 6.14. The summed E-state index contributed by atoms with van der Waals surface area (Å²) < 4.78 is 15.6. The molecule has 2 amide bonds. The van der Waals surface area contributed by atoms with Gasteiger partial charge in [0.25, 0.3) is 5.91 Å². The molecule has 3 aromatic rings. The molecular formula is C27H29ClFN5O2. The van der Waals surface area contributed by atoms with Crippen LogP contribution in [0.5, 0.6) is 0 Å². The maximum Gasteiger partial charge on any atom is 0.252 e. The lowest BCUT2D eigenvalue weighted by atomic mass is 10.0. The Kier molecular flexibility index (Phi) is 6.96. The number of rotatable bonds is 6. The highest BCUT2D eigenvalue weighted by molar-refractivity contribution is 6.30. The summed E-state index contributed by atoms with van der Waals surface area (Å²) in [6.07, 6.45) is 3.87. The van der Waals surface area contributed by atoms with E-state index >= 15 is 0 Å². The number of piperidine rings is 1. The van der Waals surface area contributed by atoms with Crippen LogP contribution < -0.4 is 10.6 Å². The van der Waals surface area contributed by atoms with Crippen LogP contribution in [0.25, 0.3) is 11.3 Å². The molecule has 5 rings (SSSR count). The number of fused-ring (bicyclic) bond motifs is 1. The van der Waals surface area contributed by atoms with E-state index in [-0.39, 0.29) is 31.0 Å². The van der Waals surface area contributed by atoms with E-state index in [2.05, 4.69) is 22.1 Å². The van der Waals surface area contributed by atoms with Crippen molar-refractivity contribution in [2.24, 2.45) is 5.73 Å². The number of anilines is 1. The van der Waals surface area contributed by atoms with E-state index in [1.807, 2.05) is 12.1 Å². The molecule has 0 radical (unpaired) electrons. The minimum absolute atomic E-state index is 0.132. The van der Waals surface area contributed by atoms with Gasteiger partial charge in [-0.15, -0.1) is 0 Å². The first-order valence-electron chi connectivity index (χ1n) is 12.3. The van der Waals surface area contributed by atoms with Crippen LogP contribution in [0.15, 0.2) is 48.5 Å². The molecule has 2 N–H and O–H groups in total. The second kappa shape index (κ2) is 10.3. The molecule has 36 heavy (non-hydrogen) atoms. The van der Waals surface area contributed by atoms with Gasteiger partial charge in [0.05, 0.1) is 30.3 Å². The lowest BCUT2D eigenvalue weighted by Gasteiger charge is -2.33. The average molecular weight is 510 g/mol. The topological polar surface area (TPSA) is 84.5 Å². The van der Waals surface area contributed by atoms with Gasteiger partial charge in [0.2, 0.25) is 5.91 Å². The number of primary amides is 1. The third-order valence-electron chi connectivity index (χ3n) is 7.02. The van der Waals surface area contributed by atoms with Gasteiger partial charge in [-0.05, 0) is 49.1 Å². The Labute approximate surface area is 214 Å². The number of carbonyl (C=O) groups is 2. The third-order valence-corrected chi connectivity index (χ3v) is 7.25. The number of amides is 2. The normalized spacial score (nSPS) is 17.7. The van der Waals surface area contributed by atoms with E-state index in [1.54, 1.807) is 29.2 Å². The van der Waals surface area contributed by atoms with Crippen molar-refractivity contribution < 1.29 is 14.0 Å². The molecule has 0 unspecified atom stereocenters. The van der Waals surface area contributed by atoms with Gasteiger partial charge in [0.1, 0.15) is 12.4 Å². The summed E-state index contributed by atoms with van der Waals surface area (Å²) in [4.78, 5) is 29.7. The number of aromatic nitrogens is 2. The maximum absolute atomic E-state index is 14.1. The molecule has 0 saturated carbocycles. The monoisotopic (exact) mass is 509 g/mol. The summed E-state index contributed by atoms with van der Waals surface area (Å²) in [5.74, 6) is -0.808. The molecule has 2 aliphatic rings. The molecule has 1 fully saturated rings. The Hall–Kier alpha value is -3.39.